The van der Waals surface area contributed by atoms with Crippen molar-refractivity contribution in [2.45, 2.75) is 25.2 Å². The van der Waals surface area contributed by atoms with Gasteiger partial charge in [0.2, 0.25) is 0 Å². The lowest BCUT2D eigenvalue weighted by atomic mass is 10.1. The fourth-order valence-electron chi connectivity index (χ4n) is 2.17. The Bertz CT molecular complexity index is 780. The van der Waals surface area contributed by atoms with Crippen molar-refractivity contribution < 1.29 is 18.3 Å². The summed E-state index contributed by atoms with van der Waals surface area (Å²) < 4.78 is 26.4. The summed E-state index contributed by atoms with van der Waals surface area (Å²) >= 11 is 0. The van der Waals surface area contributed by atoms with Crippen LogP contribution in [0, 0.1) is 6.92 Å². The Hall–Kier alpha value is -2.34. The number of hydrogen-bond acceptors (Lipinski definition) is 4. The Kier molecular flexibility index (Phi) is 5.05. The fourth-order valence-corrected chi connectivity index (χ4v) is 3.58. The van der Waals surface area contributed by atoms with Crippen molar-refractivity contribution in [1.29, 1.82) is 0 Å². The second kappa shape index (κ2) is 6.83. The maximum absolute atomic E-state index is 12.8. The number of hydrogen-bond donors (Lipinski definition) is 0. The molecule has 0 bridgehead atoms. The summed E-state index contributed by atoms with van der Waals surface area (Å²) in [6.07, 6.45) is 0.811. The van der Waals surface area contributed by atoms with Gasteiger partial charge < -0.3 is 9.90 Å². The maximum atomic E-state index is 12.8. The van der Waals surface area contributed by atoms with Crippen LogP contribution in [0.25, 0.3) is 0 Å². The molecule has 0 aliphatic heterocycles. The third kappa shape index (κ3) is 3.90. The van der Waals surface area contributed by atoms with Crippen molar-refractivity contribution in [2.75, 3.05) is 10.8 Å². The van der Waals surface area contributed by atoms with Gasteiger partial charge in [0.15, 0.2) is 0 Å². The predicted octanol–water partition coefficient (Wildman–Crippen LogP) is 1.50. The first kappa shape index (κ1) is 17.0. The summed E-state index contributed by atoms with van der Waals surface area (Å²) in [7, 11) is -3.97. The molecule has 0 atom stereocenters. The van der Waals surface area contributed by atoms with Crippen LogP contribution in [-0.4, -0.2) is 20.9 Å². The van der Waals surface area contributed by atoms with Gasteiger partial charge in [-0.2, -0.15) is 0 Å². The van der Waals surface area contributed by atoms with Crippen LogP contribution >= 0.6 is 0 Å². The molecule has 5 nitrogen and oxygen atoms in total. The first-order valence-electron chi connectivity index (χ1n) is 7.23. The lowest BCUT2D eigenvalue weighted by Crippen LogP contribution is -2.41. The summed E-state index contributed by atoms with van der Waals surface area (Å²) in [6, 6.07) is 13.0. The van der Waals surface area contributed by atoms with E-state index < -0.39 is 22.5 Å². The van der Waals surface area contributed by atoms with E-state index in [1.807, 2.05) is 13.8 Å². The van der Waals surface area contributed by atoms with Crippen LogP contribution in [0.5, 0.6) is 0 Å². The van der Waals surface area contributed by atoms with E-state index in [9.17, 15) is 18.3 Å². The SMILES string of the molecule is CCc1ccc(N(CC(=O)[O-])S(=O)(=O)c2ccc(C)cc2)cc1. The number of nitrogens with zero attached hydrogens (tertiary/aromatic N) is 1. The van der Waals surface area contributed by atoms with Gasteiger partial charge in [0.1, 0.15) is 0 Å². The molecule has 0 spiro atoms. The summed E-state index contributed by atoms with van der Waals surface area (Å²) in [5.74, 6) is -1.46. The predicted molar refractivity (Wildman–Crippen MR) is 86.5 cm³/mol. The number of anilines is 1. The van der Waals surface area contributed by atoms with Crippen LogP contribution in [0.15, 0.2) is 53.4 Å². The molecule has 2 aromatic rings. The number of carboxylic acid groups (broad SMARTS) is 1. The molecule has 0 aliphatic rings. The van der Waals surface area contributed by atoms with Crippen molar-refractivity contribution in [2.24, 2.45) is 0 Å². The van der Waals surface area contributed by atoms with Crippen molar-refractivity contribution >= 4 is 21.7 Å². The van der Waals surface area contributed by atoms with E-state index in [2.05, 4.69) is 0 Å². The van der Waals surface area contributed by atoms with Crippen molar-refractivity contribution in [1.82, 2.24) is 0 Å². The second-order valence-electron chi connectivity index (χ2n) is 5.22. The molecule has 122 valence electrons. The number of carbonyl (C=O) groups excluding carboxylic acids is 1. The number of benzene rings is 2. The average molecular weight is 332 g/mol. The standard InChI is InChI=1S/C17H19NO4S/c1-3-14-6-8-15(9-7-14)18(12-17(19)20)23(21,22)16-10-4-13(2)5-11-16/h4-11H,3,12H2,1-2H3,(H,19,20)/p-1. The van der Waals surface area contributed by atoms with E-state index in [0.717, 1.165) is 21.9 Å². The molecule has 0 saturated carbocycles. The quantitative estimate of drug-likeness (QED) is 0.803. The van der Waals surface area contributed by atoms with Crippen LogP contribution in [0.1, 0.15) is 18.1 Å². The summed E-state index contributed by atoms with van der Waals surface area (Å²) in [5.41, 5.74) is 2.25. The van der Waals surface area contributed by atoms with Crippen LogP contribution in [0.2, 0.25) is 0 Å². The normalized spacial score (nSPS) is 11.2. The van der Waals surface area contributed by atoms with Crippen molar-refractivity contribution in [3.05, 3.63) is 59.7 Å². The third-order valence-corrected chi connectivity index (χ3v) is 5.30. The lowest BCUT2D eigenvalue weighted by molar-refractivity contribution is -0.303. The van der Waals surface area contributed by atoms with Gasteiger partial charge in [-0.1, -0.05) is 36.8 Å². The van der Waals surface area contributed by atoms with Gasteiger partial charge in [-0.25, -0.2) is 8.42 Å². The van der Waals surface area contributed by atoms with Gasteiger partial charge in [0.25, 0.3) is 10.0 Å². The van der Waals surface area contributed by atoms with Gasteiger partial charge in [0.05, 0.1) is 23.1 Å². The van der Waals surface area contributed by atoms with E-state index >= 15 is 0 Å². The van der Waals surface area contributed by atoms with E-state index in [-0.39, 0.29) is 4.90 Å². The Morgan fingerprint density at radius 2 is 1.61 bits per heavy atom. The number of rotatable bonds is 6. The van der Waals surface area contributed by atoms with Gasteiger partial charge >= 0.3 is 0 Å². The van der Waals surface area contributed by atoms with Crippen LogP contribution < -0.4 is 9.41 Å². The highest BCUT2D eigenvalue weighted by Crippen LogP contribution is 2.24. The van der Waals surface area contributed by atoms with Gasteiger partial charge in [-0.15, -0.1) is 0 Å². The molecular formula is C17H18NO4S-. The molecule has 0 amide bonds. The largest absolute Gasteiger partial charge is 0.548 e. The third-order valence-electron chi connectivity index (χ3n) is 3.51. The smallest absolute Gasteiger partial charge is 0.264 e. The molecule has 2 rings (SSSR count). The molecule has 0 aliphatic carbocycles. The molecular weight excluding hydrogens is 314 g/mol. The molecule has 0 N–H and O–H groups in total. The average Bonchev–Trinajstić information content (AvgIpc) is 2.53. The summed E-state index contributed by atoms with van der Waals surface area (Å²) in [6.45, 7) is 3.09. The molecule has 2 aromatic carbocycles. The Morgan fingerprint density at radius 3 is 2.09 bits per heavy atom. The minimum absolute atomic E-state index is 0.0453. The lowest BCUT2D eigenvalue weighted by Gasteiger charge is -2.25. The number of aliphatic carboxylic acids is 1. The highest BCUT2D eigenvalue weighted by Gasteiger charge is 2.25. The molecule has 6 heteroatoms. The zero-order valence-corrected chi connectivity index (χ0v) is 13.8. The molecule has 0 unspecified atom stereocenters. The van der Waals surface area contributed by atoms with Gasteiger partial charge in [-0.05, 0) is 43.2 Å². The maximum Gasteiger partial charge on any atom is 0.264 e. The van der Waals surface area contributed by atoms with Crippen LogP contribution in [-0.2, 0) is 21.2 Å². The summed E-state index contributed by atoms with van der Waals surface area (Å²) in [4.78, 5) is 11.1. The van der Waals surface area contributed by atoms with Crippen molar-refractivity contribution in [3.63, 3.8) is 0 Å². The molecule has 0 heterocycles. The first-order chi connectivity index (χ1) is 10.8. The minimum Gasteiger partial charge on any atom is -0.548 e. The molecule has 0 radical (unpaired) electrons. The molecule has 0 saturated heterocycles. The monoisotopic (exact) mass is 332 g/mol. The van der Waals surface area contributed by atoms with Crippen LogP contribution in [0.3, 0.4) is 0 Å². The van der Waals surface area contributed by atoms with Gasteiger partial charge in [0, 0.05) is 0 Å². The van der Waals surface area contributed by atoms with E-state index in [1.165, 1.54) is 12.1 Å². The van der Waals surface area contributed by atoms with Gasteiger partial charge in [-0.3, -0.25) is 4.31 Å². The fraction of sp³-hybridized carbons (Fsp3) is 0.235. The molecule has 23 heavy (non-hydrogen) atoms. The zero-order valence-electron chi connectivity index (χ0n) is 13.0. The summed E-state index contributed by atoms with van der Waals surface area (Å²) in [5, 5.41) is 11.0. The van der Waals surface area contributed by atoms with E-state index in [1.54, 1.807) is 36.4 Å². The number of sulfonamides is 1. The highest BCUT2D eigenvalue weighted by atomic mass is 32.2. The van der Waals surface area contributed by atoms with Crippen molar-refractivity contribution in [3.8, 4) is 0 Å². The first-order valence-corrected chi connectivity index (χ1v) is 8.67. The Morgan fingerprint density at radius 1 is 1.04 bits per heavy atom. The van der Waals surface area contributed by atoms with E-state index in [4.69, 9.17) is 0 Å². The topological polar surface area (TPSA) is 77.5 Å². The molecule has 0 aromatic heterocycles. The highest BCUT2D eigenvalue weighted by molar-refractivity contribution is 7.92. The Labute approximate surface area is 136 Å². The van der Waals surface area contributed by atoms with E-state index in [0.29, 0.717) is 5.69 Å². The number of aryl methyl sites for hydroxylation is 2. The van der Waals surface area contributed by atoms with Crippen LogP contribution in [0.4, 0.5) is 5.69 Å². The molecule has 0 fully saturated rings. The Balaban J connectivity index is 2.48. The zero-order chi connectivity index (χ0) is 17.0. The number of carboxylic acids is 1. The number of carbonyl (C=O) groups is 1. The second-order valence-corrected chi connectivity index (χ2v) is 7.08. The minimum atomic E-state index is -3.97.